The van der Waals surface area contributed by atoms with Crippen molar-refractivity contribution in [2.45, 2.75) is 25.7 Å². The van der Waals surface area contributed by atoms with Crippen LogP contribution in [0.1, 0.15) is 25.7 Å². The fourth-order valence-corrected chi connectivity index (χ4v) is 1.12. The van der Waals surface area contributed by atoms with Gasteiger partial charge >= 0.3 is 0 Å². The van der Waals surface area contributed by atoms with Crippen molar-refractivity contribution in [3.05, 3.63) is 0 Å². The topological polar surface area (TPSA) is 73.1 Å². The van der Waals surface area contributed by atoms with E-state index in [1.54, 1.807) is 0 Å². The van der Waals surface area contributed by atoms with E-state index in [0.717, 1.165) is 6.42 Å². The van der Waals surface area contributed by atoms with Gasteiger partial charge in [0.05, 0.1) is 6.07 Å². The molecular weight excluding hydrogens is 168 g/mol. The van der Waals surface area contributed by atoms with Gasteiger partial charge < -0.3 is 10.4 Å². The van der Waals surface area contributed by atoms with E-state index in [0.29, 0.717) is 25.8 Å². The van der Waals surface area contributed by atoms with Gasteiger partial charge in [0.15, 0.2) is 0 Å². The molecule has 1 aliphatic carbocycles. The average Bonchev–Trinajstić information content (AvgIpc) is 2.93. The highest BCUT2D eigenvalue weighted by Gasteiger charge is 2.50. The molecule has 0 aromatic carbocycles. The van der Waals surface area contributed by atoms with Crippen molar-refractivity contribution >= 4 is 5.91 Å². The largest absolute Gasteiger partial charge is 0.396 e. The number of nitrogens with zero attached hydrogens (tertiary/aromatic N) is 1. The molecule has 0 radical (unpaired) electrons. The summed E-state index contributed by atoms with van der Waals surface area (Å²) in [7, 11) is 0. The zero-order valence-electron chi connectivity index (χ0n) is 7.55. The van der Waals surface area contributed by atoms with E-state index >= 15 is 0 Å². The van der Waals surface area contributed by atoms with Gasteiger partial charge in [0.2, 0.25) is 5.91 Å². The average molecular weight is 182 g/mol. The normalized spacial score (nSPS) is 17.5. The van der Waals surface area contributed by atoms with Crippen LogP contribution in [0.2, 0.25) is 0 Å². The van der Waals surface area contributed by atoms with Gasteiger partial charge in [-0.15, -0.1) is 0 Å². The molecule has 0 aromatic heterocycles. The fourth-order valence-electron chi connectivity index (χ4n) is 1.12. The Labute approximate surface area is 77.6 Å². The first-order valence-electron chi connectivity index (χ1n) is 4.55. The number of hydrogen-bond acceptors (Lipinski definition) is 3. The van der Waals surface area contributed by atoms with Gasteiger partial charge in [-0.2, -0.15) is 5.26 Å². The van der Waals surface area contributed by atoms with Gasteiger partial charge in [-0.05, 0) is 25.7 Å². The summed E-state index contributed by atoms with van der Waals surface area (Å²) in [5, 5.41) is 19.9. The van der Waals surface area contributed by atoms with Gasteiger partial charge in [0, 0.05) is 13.2 Å². The van der Waals surface area contributed by atoms with Crippen molar-refractivity contribution in [1.82, 2.24) is 5.32 Å². The Morgan fingerprint density at radius 2 is 2.23 bits per heavy atom. The van der Waals surface area contributed by atoms with Crippen LogP contribution in [-0.2, 0) is 4.79 Å². The lowest BCUT2D eigenvalue weighted by atomic mass is 10.1. The Hall–Kier alpha value is -1.08. The third kappa shape index (κ3) is 2.43. The zero-order chi connectivity index (χ0) is 9.73. The van der Waals surface area contributed by atoms with Crippen LogP contribution in [-0.4, -0.2) is 24.2 Å². The quantitative estimate of drug-likeness (QED) is 0.596. The number of nitriles is 1. The van der Waals surface area contributed by atoms with Crippen LogP contribution < -0.4 is 5.32 Å². The van der Waals surface area contributed by atoms with Crippen molar-refractivity contribution < 1.29 is 9.90 Å². The number of aliphatic hydroxyl groups excluding tert-OH is 1. The molecule has 1 fully saturated rings. The minimum absolute atomic E-state index is 0.145. The van der Waals surface area contributed by atoms with Gasteiger partial charge in [-0.1, -0.05) is 0 Å². The lowest BCUT2D eigenvalue weighted by molar-refractivity contribution is -0.124. The molecule has 13 heavy (non-hydrogen) atoms. The highest BCUT2D eigenvalue weighted by atomic mass is 16.2. The Morgan fingerprint density at radius 1 is 1.54 bits per heavy atom. The Bertz CT molecular complexity index is 228. The van der Waals surface area contributed by atoms with E-state index in [9.17, 15) is 4.79 Å². The van der Waals surface area contributed by atoms with Gasteiger partial charge in [0.25, 0.3) is 0 Å². The van der Waals surface area contributed by atoms with E-state index in [1.165, 1.54) is 0 Å². The second kappa shape index (κ2) is 4.24. The molecule has 2 N–H and O–H groups in total. The lowest BCUT2D eigenvalue weighted by Crippen LogP contribution is -2.31. The highest BCUT2D eigenvalue weighted by Crippen LogP contribution is 2.44. The predicted molar refractivity (Wildman–Crippen MR) is 46.6 cm³/mol. The highest BCUT2D eigenvalue weighted by molar-refractivity contribution is 5.88. The molecule has 4 nitrogen and oxygen atoms in total. The van der Waals surface area contributed by atoms with Gasteiger partial charge in [-0.25, -0.2) is 0 Å². The molecule has 1 saturated carbocycles. The summed E-state index contributed by atoms with van der Waals surface area (Å²) in [5.74, 6) is -0.145. The van der Waals surface area contributed by atoms with Crippen LogP contribution >= 0.6 is 0 Å². The predicted octanol–water partition coefficient (Wildman–Crippen LogP) is 0.179. The molecule has 0 saturated heterocycles. The number of hydrogen-bond donors (Lipinski definition) is 2. The van der Waals surface area contributed by atoms with E-state index < -0.39 is 5.41 Å². The minimum Gasteiger partial charge on any atom is -0.396 e. The molecular formula is C9H14N2O2. The molecule has 0 aromatic rings. The van der Waals surface area contributed by atoms with E-state index in [1.807, 2.05) is 6.07 Å². The maximum atomic E-state index is 11.3. The maximum Gasteiger partial charge on any atom is 0.240 e. The van der Waals surface area contributed by atoms with Crippen LogP contribution in [0.3, 0.4) is 0 Å². The molecule has 0 heterocycles. The molecule has 4 heteroatoms. The molecule has 1 rings (SSSR count). The number of rotatable bonds is 5. The first kappa shape index (κ1) is 10.0. The standard InChI is InChI=1S/C9H14N2O2/c10-7-9(3-4-9)8(13)11-5-1-2-6-12/h12H,1-6H2,(H,11,13). The summed E-state index contributed by atoms with van der Waals surface area (Å²) in [5.41, 5.74) is -0.709. The first-order valence-corrected chi connectivity index (χ1v) is 4.55. The van der Waals surface area contributed by atoms with Gasteiger partial charge in [0.1, 0.15) is 5.41 Å². The number of nitrogens with one attached hydrogen (secondary N) is 1. The van der Waals surface area contributed by atoms with E-state index in [2.05, 4.69) is 5.32 Å². The van der Waals surface area contributed by atoms with E-state index in [4.69, 9.17) is 10.4 Å². The summed E-state index contributed by atoms with van der Waals surface area (Å²) >= 11 is 0. The molecule has 0 spiro atoms. The summed E-state index contributed by atoms with van der Waals surface area (Å²) in [6, 6.07) is 2.03. The fraction of sp³-hybridized carbons (Fsp3) is 0.778. The van der Waals surface area contributed by atoms with Crippen molar-refractivity contribution in [2.75, 3.05) is 13.2 Å². The van der Waals surface area contributed by atoms with Crippen LogP contribution in [0, 0.1) is 16.7 Å². The van der Waals surface area contributed by atoms with Crippen molar-refractivity contribution in [3.8, 4) is 6.07 Å². The Balaban J connectivity index is 2.16. The van der Waals surface area contributed by atoms with Crippen LogP contribution in [0.15, 0.2) is 0 Å². The molecule has 1 amide bonds. The third-order valence-corrected chi connectivity index (χ3v) is 2.27. The first-order chi connectivity index (χ1) is 6.25. The molecule has 0 bridgehead atoms. The molecule has 0 atom stereocenters. The van der Waals surface area contributed by atoms with Crippen LogP contribution in [0.25, 0.3) is 0 Å². The summed E-state index contributed by atoms with van der Waals surface area (Å²) in [4.78, 5) is 11.3. The van der Waals surface area contributed by atoms with Crippen molar-refractivity contribution in [1.29, 1.82) is 5.26 Å². The van der Waals surface area contributed by atoms with Crippen LogP contribution in [0.4, 0.5) is 0 Å². The smallest absolute Gasteiger partial charge is 0.240 e. The summed E-state index contributed by atoms with van der Waals surface area (Å²) < 4.78 is 0. The lowest BCUT2D eigenvalue weighted by Gasteiger charge is -2.06. The molecule has 72 valence electrons. The summed E-state index contributed by atoms with van der Waals surface area (Å²) in [6.45, 7) is 0.710. The monoisotopic (exact) mass is 182 g/mol. The van der Waals surface area contributed by atoms with Crippen LogP contribution in [0.5, 0.6) is 0 Å². The third-order valence-electron chi connectivity index (χ3n) is 2.27. The molecule has 0 unspecified atom stereocenters. The van der Waals surface area contributed by atoms with Crippen molar-refractivity contribution in [3.63, 3.8) is 0 Å². The number of unbranched alkanes of at least 4 members (excludes halogenated alkanes) is 1. The minimum atomic E-state index is -0.709. The maximum absolute atomic E-state index is 11.3. The Morgan fingerprint density at radius 3 is 2.69 bits per heavy atom. The van der Waals surface area contributed by atoms with E-state index in [-0.39, 0.29) is 12.5 Å². The van der Waals surface area contributed by atoms with Crippen molar-refractivity contribution in [2.24, 2.45) is 5.41 Å². The number of carbonyl (C=O) groups excluding carboxylic acids is 1. The number of amides is 1. The summed E-state index contributed by atoms with van der Waals surface area (Å²) in [6.07, 6.45) is 2.84. The second-order valence-corrected chi connectivity index (χ2v) is 3.38. The number of aliphatic hydroxyl groups is 1. The Kier molecular flexibility index (Phi) is 3.26. The molecule has 0 aliphatic heterocycles. The van der Waals surface area contributed by atoms with Gasteiger partial charge in [-0.3, -0.25) is 4.79 Å². The SMILES string of the molecule is N#CC1(C(=O)NCCCCO)CC1. The second-order valence-electron chi connectivity index (χ2n) is 3.38. The number of carbonyl (C=O) groups is 1. The molecule has 1 aliphatic rings. The zero-order valence-corrected chi connectivity index (χ0v) is 7.55.